The standard InChI is InChI=1S/C67H118N7O53P7/c68-57-7-10-72(66(79)70-57)64-60(77)62(55(123-64)50-121-128(83,84)85)127-134(96,97)122-51-56-63(61(78)65(124-56)73-11-8-58(69)71-67(73)80)126-133(94,95)120-49-43-112-37-31-106-25-19-100-17-23-104-29-35-110-41-47-118-131(90,91)117-46-40-109-34-28-103-22-16-98-15-21-102-27-33-108-39-45-116-130(88,89)114-13-9-54(52-4-1-2-5-53(52)74(81)82)125-132(92,93)119-48-42-111-36-30-105-24-18-99-14-20-101-26-32-107-38-44-115-129(86,87)113-12-3-6-59(75)76/h1-2,4-5,7-8,10-11,54-56,60-65,77-78H,3,6,9,12-51H2,(H,75,76)(H,86,87)(H,88,89)(H,90,91)(H,92,93)(H,94,95)(H,96,97)(H2,68,70,79)(H2,69,71,80)(H2,83,84,85)/t54?,55-,56-,60-,61-,62-,63-,64-,65-/m1/s1. The molecule has 0 bridgehead atoms. The Morgan fingerprint density at radius 1 is 0.396 bits per heavy atom. The molecule has 60 nitrogen and oxygen atoms in total. The van der Waals surface area contributed by atoms with Crippen LogP contribution in [0.25, 0.3) is 0 Å². The number of phosphoric ester groups is 7. The van der Waals surface area contributed by atoms with Gasteiger partial charge < -0.3 is 146 Å². The largest absolute Gasteiger partial charge is 0.481 e. The molecule has 1 aromatic carbocycles. The van der Waals surface area contributed by atoms with Crippen molar-refractivity contribution in [2.45, 2.75) is 74.4 Å². The Bertz CT molecular complexity index is 4270. The van der Waals surface area contributed by atoms with Crippen molar-refractivity contribution in [1.29, 1.82) is 0 Å². The number of para-hydroxylation sites is 1. The minimum absolute atomic E-state index is 0.0170. The highest BCUT2D eigenvalue weighted by Gasteiger charge is 2.53. The molecule has 2 aliphatic rings. The number of rotatable bonds is 85. The molecule has 0 spiro atoms. The number of aromatic nitrogens is 4. The van der Waals surface area contributed by atoms with Gasteiger partial charge in [0.05, 0.1) is 275 Å². The van der Waals surface area contributed by atoms with Crippen LogP contribution in [-0.2, 0) is 176 Å². The number of aliphatic hydroxyl groups excluding tert-OH is 2. The number of nitro groups is 1. The zero-order chi connectivity index (χ0) is 98.2. The maximum Gasteiger partial charge on any atom is 0.472 e. The average molecular weight is 2090 g/mol. The van der Waals surface area contributed by atoms with Gasteiger partial charge in [0, 0.05) is 31.3 Å². The Labute approximate surface area is 765 Å². The minimum Gasteiger partial charge on any atom is -0.481 e. The van der Waals surface area contributed by atoms with Crippen molar-refractivity contribution in [2.24, 2.45) is 0 Å². The number of nitro benzene ring substituents is 1. The molecular weight excluding hydrogens is 1970 g/mol. The molecule has 4 heterocycles. The van der Waals surface area contributed by atoms with E-state index in [0.717, 1.165) is 30.6 Å². The summed E-state index contributed by atoms with van der Waals surface area (Å²) in [5.74, 6) is -1.53. The van der Waals surface area contributed by atoms with Crippen molar-refractivity contribution in [1.82, 2.24) is 19.1 Å². The first-order valence-electron chi connectivity index (χ1n) is 40.8. The van der Waals surface area contributed by atoms with Gasteiger partial charge >= 0.3 is 72.1 Å². The molecule has 15 atom stereocenters. The highest BCUT2D eigenvalue weighted by molar-refractivity contribution is 7.48. The molecule has 0 amide bonds. The SMILES string of the molecule is Nc1ccn([C@@H]2O[C@H](COP(=O)(O)O)[C@@H](OP(=O)(O)OC[C@H]3O[C@@H](n4ccc(N)nc4=O)[C@H](O)[C@@H]3OP(=O)(O)OCCOCCOCCOCCOCCOCCOP(=O)(O)OCCOCCOCCOCCOCCOCCOP(=O)(O)OCCC(OP(=O)(O)OCCOCCOCCOCCOCCOCCOP(=O)(O)OCCCC(=O)O)c3ccccc3[N+](=O)[O-])[C@H]2O)c(=O)n1. The molecule has 0 saturated carbocycles. The highest BCUT2D eigenvalue weighted by Crippen LogP contribution is 2.54. The van der Waals surface area contributed by atoms with Gasteiger partial charge in [-0.3, -0.25) is 82.9 Å². The number of aliphatic carboxylic acids is 1. The number of hydrogen-bond acceptors (Lipinski definition) is 48. The van der Waals surface area contributed by atoms with Gasteiger partial charge in [-0.05, 0) is 24.6 Å². The van der Waals surface area contributed by atoms with Crippen LogP contribution in [0.5, 0.6) is 0 Å². The molecule has 7 unspecified atom stereocenters. The number of nitrogen functional groups attached to an aromatic ring is 2. The van der Waals surface area contributed by atoms with Crippen LogP contribution in [0.4, 0.5) is 17.3 Å². The Kier molecular flexibility index (Phi) is 59.3. The lowest BCUT2D eigenvalue weighted by Gasteiger charge is -2.25. The summed E-state index contributed by atoms with van der Waals surface area (Å²) in [5, 5.41) is 42.8. The summed E-state index contributed by atoms with van der Waals surface area (Å²) >= 11 is 0. The van der Waals surface area contributed by atoms with Gasteiger partial charge in [-0.25, -0.2) is 41.5 Å². The predicted octanol–water partition coefficient (Wildman–Crippen LogP) is -0.0173. The lowest BCUT2D eigenvalue weighted by atomic mass is 10.1. The van der Waals surface area contributed by atoms with E-state index in [1.165, 1.54) is 18.2 Å². The summed E-state index contributed by atoms with van der Waals surface area (Å²) in [6.45, 7) is -2.18. The van der Waals surface area contributed by atoms with Crippen LogP contribution < -0.4 is 22.8 Å². The molecule has 2 aromatic heterocycles. The number of benzene rings is 1. The number of carboxylic acid groups (broad SMARTS) is 1. The molecule has 3 aromatic rings. The molecule has 134 heavy (non-hydrogen) atoms. The fraction of sp³-hybridized carbons (Fsp3) is 0.776. The van der Waals surface area contributed by atoms with Gasteiger partial charge in [-0.1, -0.05) is 12.1 Å². The molecule has 774 valence electrons. The number of anilines is 2. The van der Waals surface area contributed by atoms with E-state index in [2.05, 4.69) is 19.0 Å². The molecule has 15 N–H and O–H groups in total. The van der Waals surface area contributed by atoms with Crippen molar-refractivity contribution in [3.05, 3.63) is 85.4 Å². The fourth-order valence-corrected chi connectivity index (χ4v) is 16.0. The van der Waals surface area contributed by atoms with E-state index in [0.29, 0.717) is 9.13 Å². The van der Waals surface area contributed by atoms with Crippen molar-refractivity contribution in [3.8, 4) is 0 Å². The molecule has 2 fully saturated rings. The number of hydrogen-bond donors (Lipinski definition) is 13. The number of carboxylic acids is 1. The number of aliphatic hydroxyl groups is 2. The van der Waals surface area contributed by atoms with Crippen molar-refractivity contribution in [3.63, 3.8) is 0 Å². The van der Waals surface area contributed by atoms with Crippen LogP contribution in [0.3, 0.4) is 0 Å². The molecule has 0 aliphatic carbocycles. The molecular formula is C67H118N7O53P7. The molecule has 2 aliphatic heterocycles. The van der Waals surface area contributed by atoms with Crippen LogP contribution in [0, 0.1) is 10.1 Å². The quantitative estimate of drug-likeness (QED) is 0.0153. The first-order valence-corrected chi connectivity index (χ1v) is 51.3. The number of ether oxygens (including phenoxy) is 17. The van der Waals surface area contributed by atoms with Gasteiger partial charge in [0.2, 0.25) is 0 Å². The van der Waals surface area contributed by atoms with Crippen LogP contribution in [0.2, 0.25) is 0 Å². The predicted molar refractivity (Wildman–Crippen MR) is 447 cm³/mol. The second-order valence-corrected chi connectivity index (χ2v) is 36.6. The van der Waals surface area contributed by atoms with E-state index < -0.39 is 184 Å². The minimum atomic E-state index is -5.53. The van der Waals surface area contributed by atoms with Gasteiger partial charge in [0.15, 0.2) is 12.5 Å². The monoisotopic (exact) mass is 2090 g/mol. The zero-order valence-corrected chi connectivity index (χ0v) is 78.6. The van der Waals surface area contributed by atoms with Crippen molar-refractivity contribution >= 4 is 78.1 Å². The molecule has 67 heteroatoms. The van der Waals surface area contributed by atoms with Crippen LogP contribution in [-0.4, -0.2) is 385 Å². The summed E-state index contributed by atoms with van der Waals surface area (Å²) in [4.78, 5) is 134. The van der Waals surface area contributed by atoms with Crippen LogP contribution >= 0.6 is 54.8 Å². The fourth-order valence-electron chi connectivity index (χ4n) is 10.8. The number of nitrogens with two attached hydrogens (primary N) is 2. The van der Waals surface area contributed by atoms with E-state index in [4.69, 9.17) is 147 Å². The highest BCUT2D eigenvalue weighted by atomic mass is 31.2. The summed E-state index contributed by atoms with van der Waals surface area (Å²) in [7, 11) is -34.4. The van der Waals surface area contributed by atoms with E-state index in [1.54, 1.807) is 0 Å². The van der Waals surface area contributed by atoms with E-state index >= 15 is 0 Å². The maximum atomic E-state index is 13.5. The second-order valence-electron chi connectivity index (χ2n) is 26.8. The number of nitrogens with zero attached hydrogens (tertiary/aromatic N) is 5. The Morgan fingerprint density at radius 2 is 0.672 bits per heavy atom. The Balaban J connectivity index is 0.778. The van der Waals surface area contributed by atoms with E-state index in [1.807, 2.05) is 0 Å². The maximum absolute atomic E-state index is 13.5. The topological polar surface area (TPSA) is 801 Å². The normalized spacial score (nSPS) is 20.6. The van der Waals surface area contributed by atoms with Crippen molar-refractivity contribution in [2.75, 3.05) is 276 Å². The first kappa shape index (κ1) is 120. The molecule has 0 radical (unpaired) electrons. The lowest BCUT2D eigenvalue weighted by Crippen LogP contribution is -2.38. The van der Waals surface area contributed by atoms with Gasteiger partial charge in [0.25, 0.3) is 5.69 Å². The Morgan fingerprint density at radius 3 is 0.978 bits per heavy atom. The van der Waals surface area contributed by atoms with Gasteiger partial charge in [0.1, 0.15) is 54.4 Å². The number of phosphoric acid groups is 7. The van der Waals surface area contributed by atoms with Crippen LogP contribution in [0.1, 0.15) is 43.4 Å². The average Bonchev–Trinajstić information content (AvgIpc) is 1.60. The van der Waals surface area contributed by atoms with Crippen molar-refractivity contribution < 1.29 is 235 Å². The van der Waals surface area contributed by atoms with Gasteiger partial charge in [-0.15, -0.1) is 0 Å². The molecule has 5 rings (SSSR count). The summed E-state index contributed by atoms with van der Waals surface area (Å²) in [6, 6.07) is 7.43. The summed E-state index contributed by atoms with van der Waals surface area (Å²) < 4.78 is 245. The van der Waals surface area contributed by atoms with Crippen LogP contribution in [0.15, 0.2) is 58.4 Å². The van der Waals surface area contributed by atoms with E-state index in [-0.39, 0.29) is 255 Å². The third-order valence-corrected chi connectivity index (χ3v) is 23.3. The van der Waals surface area contributed by atoms with Gasteiger partial charge in [-0.2, -0.15) is 9.97 Å². The Hall–Kier alpha value is -4.54. The second kappa shape index (κ2) is 66.3. The summed E-state index contributed by atoms with van der Waals surface area (Å²) in [6.07, 6.45) is -15.4. The zero-order valence-electron chi connectivity index (χ0n) is 72.3. The first-order chi connectivity index (χ1) is 63.8. The lowest BCUT2D eigenvalue weighted by molar-refractivity contribution is -0.386. The third kappa shape index (κ3) is 53.9. The molecule has 2 saturated heterocycles. The number of carbonyl (C=O) groups is 1. The smallest absolute Gasteiger partial charge is 0.472 e. The third-order valence-electron chi connectivity index (χ3n) is 16.7. The van der Waals surface area contributed by atoms with E-state index in [9.17, 15) is 106 Å². The summed E-state index contributed by atoms with van der Waals surface area (Å²) in [5.41, 5.74) is 8.32.